The van der Waals surface area contributed by atoms with E-state index >= 15 is 0 Å². The summed E-state index contributed by atoms with van der Waals surface area (Å²) < 4.78 is 0. The Morgan fingerprint density at radius 3 is 2.42 bits per heavy atom. The topological polar surface area (TPSA) is 72.2 Å². The van der Waals surface area contributed by atoms with Crippen LogP contribution in [0.5, 0.6) is 0 Å². The molecule has 0 heterocycles. The van der Waals surface area contributed by atoms with Crippen LogP contribution in [0.4, 0.5) is 11.4 Å². The second-order valence-corrected chi connectivity index (χ2v) is 5.33. The molecular formula is C14H20N2O3. The SMILES string of the molecule is CC(C)CC(=O)Nc1ccc([N+](=O)[O-])cc1C(C)C. The number of carbonyl (C=O) groups excluding carboxylic acids is 1. The van der Waals surface area contributed by atoms with Gasteiger partial charge in [0, 0.05) is 24.2 Å². The van der Waals surface area contributed by atoms with Crippen molar-refractivity contribution in [1.82, 2.24) is 0 Å². The van der Waals surface area contributed by atoms with Crippen molar-refractivity contribution < 1.29 is 9.72 Å². The minimum Gasteiger partial charge on any atom is -0.326 e. The standard InChI is InChI=1S/C14H20N2O3/c1-9(2)7-14(17)15-13-6-5-11(16(18)19)8-12(13)10(3)4/h5-6,8-10H,7H2,1-4H3,(H,15,17). The van der Waals surface area contributed by atoms with E-state index < -0.39 is 4.92 Å². The monoisotopic (exact) mass is 264 g/mol. The number of nitrogens with zero attached hydrogens (tertiary/aromatic N) is 1. The van der Waals surface area contributed by atoms with Crippen molar-refractivity contribution in [3.8, 4) is 0 Å². The number of rotatable bonds is 5. The maximum Gasteiger partial charge on any atom is 0.269 e. The molecule has 0 fully saturated rings. The number of non-ortho nitro benzene ring substituents is 1. The van der Waals surface area contributed by atoms with Gasteiger partial charge in [-0.25, -0.2) is 0 Å². The van der Waals surface area contributed by atoms with E-state index in [1.807, 2.05) is 27.7 Å². The van der Waals surface area contributed by atoms with Crippen LogP contribution in [-0.4, -0.2) is 10.8 Å². The van der Waals surface area contributed by atoms with E-state index in [2.05, 4.69) is 5.32 Å². The third kappa shape index (κ3) is 4.35. The fraction of sp³-hybridized carbons (Fsp3) is 0.500. The summed E-state index contributed by atoms with van der Waals surface area (Å²) >= 11 is 0. The zero-order valence-corrected chi connectivity index (χ0v) is 11.8. The van der Waals surface area contributed by atoms with Gasteiger partial charge in [-0.2, -0.15) is 0 Å². The van der Waals surface area contributed by atoms with Crippen molar-refractivity contribution in [3.63, 3.8) is 0 Å². The van der Waals surface area contributed by atoms with Gasteiger partial charge in [0.05, 0.1) is 4.92 Å². The number of hydrogen-bond donors (Lipinski definition) is 1. The molecule has 104 valence electrons. The molecule has 0 aromatic heterocycles. The van der Waals surface area contributed by atoms with Gasteiger partial charge in [0.25, 0.3) is 5.69 Å². The highest BCUT2D eigenvalue weighted by Crippen LogP contribution is 2.28. The molecule has 0 spiro atoms. The molecule has 1 aromatic carbocycles. The normalized spacial score (nSPS) is 10.8. The third-order valence-corrected chi connectivity index (χ3v) is 2.74. The molecule has 0 saturated carbocycles. The van der Waals surface area contributed by atoms with Gasteiger partial charge in [0.15, 0.2) is 0 Å². The predicted molar refractivity (Wildman–Crippen MR) is 75.3 cm³/mol. The Morgan fingerprint density at radius 1 is 1.32 bits per heavy atom. The third-order valence-electron chi connectivity index (χ3n) is 2.74. The summed E-state index contributed by atoms with van der Waals surface area (Å²) in [4.78, 5) is 22.1. The van der Waals surface area contributed by atoms with Gasteiger partial charge in [-0.15, -0.1) is 0 Å². The molecule has 0 radical (unpaired) electrons. The van der Waals surface area contributed by atoms with Crippen LogP contribution < -0.4 is 5.32 Å². The summed E-state index contributed by atoms with van der Waals surface area (Å²) in [6.45, 7) is 7.83. The minimum atomic E-state index is -0.425. The van der Waals surface area contributed by atoms with E-state index in [-0.39, 0.29) is 23.4 Å². The number of anilines is 1. The van der Waals surface area contributed by atoms with E-state index in [1.165, 1.54) is 12.1 Å². The first kappa shape index (κ1) is 15.1. The maximum atomic E-state index is 11.8. The Labute approximate surface area is 113 Å². The highest BCUT2D eigenvalue weighted by atomic mass is 16.6. The van der Waals surface area contributed by atoms with E-state index in [0.717, 1.165) is 5.56 Å². The molecule has 1 aromatic rings. The highest BCUT2D eigenvalue weighted by Gasteiger charge is 2.15. The Morgan fingerprint density at radius 2 is 1.95 bits per heavy atom. The summed E-state index contributed by atoms with van der Waals surface area (Å²) in [5.41, 5.74) is 1.49. The van der Waals surface area contributed by atoms with Crippen LogP contribution in [0.25, 0.3) is 0 Å². The second-order valence-electron chi connectivity index (χ2n) is 5.33. The summed E-state index contributed by atoms with van der Waals surface area (Å²) in [5.74, 6) is 0.320. The fourth-order valence-corrected chi connectivity index (χ4v) is 1.83. The van der Waals surface area contributed by atoms with Crippen LogP contribution in [0.3, 0.4) is 0 Å². The molecule has 5 nitrogen and oxygen atoms in total. The van der Waals surface area contributed by atoms with Crippen molar-refractivity contribution in [2.24, 2.45) is 5.92 Å². The van der Waals surface area contributed by atoms with E-state index in [4.69, 9.17) is 0 Å². The zero-order valence-electron chi connectivity index (χ0n) is 11.8. The minimum absolute atomic E-state index is 0.0468. The van der Waals surface area contributed by atoms with E-state index in [1.54, 1.807) is 6.07 Å². The van der Waals surface area contributed by atoms with Crippen molar-refractivity contribution in [3.05, 3.63) is 33.9 Å². The van der Waals surface area contributed by atoms with Crippen LogP contribution in [0.1, 0.15) is 45.6 Å². The largest absolute Gasteiger partial charge is 0.326 e. The number of nitrogens with one attached hydrogen (secondary N) is 1. The first-order chi connectivity index (χ1) is 8.81. The molecule has 0 saturated heterocycles. The van der Waals surface area contributed by atoms with Gasteiger partial charge in [-0.05, 0) is 23.5 Å². The molecule has 0 aliphatic carbocycles. The summed E-state index contributed by atoms with van der Waals surface area (Å²) in [6.07, 6.45) is 0.439. The maximum absolute atomic E-state index is 11.8. The zero-order chi connectivity index (χ0) is 14.6. The number of amides is 1. The van der Waals surface area contributed by atoms with Crippen LogP contribution in [0, 0.1) is 16.0 Å². The van der Waals surface area contributed by atoms with E-state index in [0.29, 0.717) is 12.1 Å². The lowest BCUT2D eigenvalue weighted by atomic mass is 10.00. The molecule has 0 atom stereocenters. The number of nitro groups is 1. The van der Waals surface area contributed by atoms with Crippen molar-refractivity contribution in [2.75, 3.05) is 5.32 Å². The Kier molecular flexibility index (Phi) is 5.03. The first-order valence-electron chi connectivity index (χ1n) is 6.39. The smallest absolute Gasteiger partial charge is 0.269 e. The average molecular weight is 264 g/mol. The fourth-order valence-electron chi connectivity index (χ4n) is 1.83. The van der Waals surface area contributed by atoms with Gasteiger partial charge >= 0.3 is 0 Å². The number of carbonyl (C=O) groups is 1. The number of benzene rings is 1. The Bertz CT molecular complexity index is 482. The van der Waals surface area contributed by atoms with E-state index in [9.17, 15) is 14.9 Å². The number of nitro benzene ring substituents is 1. The quantitative estimate of drug-likeness (QED) is 0.651. The van der Waals surface area contributed by atoms with Crippen molar-refractivity contribution in [2.45, 2.75) is 40.0 Å². The lowest BCUT2D eigenvalue weighted by Gasteiger charge is -2.14. The van der Waals surface area contributed by atoms with Crippen molar-refractivity contribution in [1.29, 1.82) is 0 Å². The van der Waals surface area contributed by atoms with Gasteiger partial charge < -0.3 is 5.32 Å². The number of hydrogen-bond acceptors (Lipinski definition) is 3. The highest BCUT2D eigenvalue weighted by molar-refractivity contribution is 5.91. The molecule has 0 unspecified atom stereocenters. The lowest BCUT2D eigenvalue weighted by molar-refractivity contribution is -0.384. The molecule has 0 aliphatic heterocycles. The molecule has 1 rings (SSSR count). The molecular weight excluding hydrogens is 244 g/mol. The van der Waals surface area contributed by atoms with Gasteiger partial charge in [-0.1, -0.05) is 27.7 Å². The predicted octanol–water partition coefficient (Wildman–Crippen LogP) is 3.70. The van der Waals surface area contributed by atoms with Crippen LogP contribution in [0.15, 0.2) is 18.2 Å². The van der Waals surface area contributed by atoms with Gasteiger partial charge in [0.1, 0.15) is 0 Å². The average Bonchev–Trinajstić information content (AvgIpc) is 2.27. The van der Waals surface area contributed by atoms with Gasteiger partial charge in [0.2, 0.25) is 5.91 Å². The van der Waals surface area contributed by atoms with Crippen molar-refractivity contribution >= 4 is 17.3 Å². The molecule has 0 bridgehead atoms. The molecule has 5 heteroatoms. The van der Waals surface area contributed by atoms with Crippen LogP contribution in [0.2, 0.25) is 0 Å². The van der Waals surface area contributed by atoms with Gasteiger partial charge in [-0.3, -0.25) is 14.9 Å². The lowest BCUT2D eigenvalue weighted by Crippen LogP contribution is -2.15. The second kappa shape index (κ2) is 6.31. The molecule has 1 amide bonds. The Hall–Kier alpha value is -1.91. The molecule has 1 N–H and O–H groups in total. The van der Waals surface area contributed by atoms with Crippen LogP contribution >= 0.6 is 0 Å². The molecule has 19 heavy (non-hydrogen) atoms. The molecule has 0 aliphatic rings. The van der Waals surface area contributed by atoms with Crippen LogP contribution in [-0.2, 0) is 4.79 Å². The first-order valence-corrected chi connectivity index (χ1v) is 6.39. The summed E-state index contributed by atoms with van der Waals surface area (Å²) in [7, 11) is 0. The summed E-state index contributed by atoms with van der Waals surface area (Å²) in [6, 6.07) is 4.54. The summed E-state index contributed by atoms with van der Waals surface area (Å²) in [5, 5.41) is 13.6. The Balaban J connectivity index is 3.00.